The molecule has 3 aromatic rings. The zero-order valence-electron chi connectivity index (χ0n) is 27.0. The first-order valence-corrected chi connectivity index (χ1v) is 15.4. The highest BCUT2D eigenvalue weighted by atomic mass is 16.5. The number of rotatable bonds is 17. The number of aliphatic hydroxyl groups is 1. The third-order valence-electron chi connectivity index (χ3n) is 7.49. The minimum absolute atomic E-state index is 0.00823. The van der Waals surface area contributed by atoms with Crippen molar-refractivity contribution in [3.8, 4) is 0 Å². The van der Waals surface area contributed by atoms with Crippen LogP contribution in [0.5, 0.6) is 0 Å². The summed E-state index contributed by atoms with van der Waals surface area (Å²) in [6.07, 6.45) is 1.13. The van der Waals surface area contributed by atoms with Crippen LogP contribution >= 0.6 is 0 Å². The fourth-order valence-electron chi connectivity index (χ4n) is 4.78. The molecule has 1 heterocycles. The van der Waals surface area contributed by atoms with Gasteiger partial charge in [0.25, 0.3) is 0 Å². The summed E-state index contributed by atoms with van der Waals surface area (Å²) < 4.78 is 5.35. The van der Waals surface area contributed by atoms with Gasteiger partial charge >= 0.3 is 5.97 Å². The van der Waals surface area contributed by atoms with Crippen molar-refractivity contribution >= 4 is 46.4 Å². The molecule has 0 saturated carbocycles. The number of aliphatic hydroxyl groups excluding tert-OH is 1. The Morgan fingerprint density at radius 2 is 1.44 bits per heavy atom. The van der Waals surface area contributed by atoms with Gasteiger partial charge < -0.3 is 47.6 Å². The fourth-order valence-corrected chi connectivity index (χ4v) is 4.78. The van der Waals surface area contributed by atoms with Crippen molar-refractivity contribution in [2.45, 2.75) is 70.4 Å². The minimum Gasteiger partial charge on any atom is -0.459 e. The molecule has 0 bridgehead atoms. The lowest BCUT2D eigenvalue weighted by Gasteiger charge is -2.27. The van der Waals surface area contributed by atoms with Crippen LogP contribution in [-0.2, 0) is 46.5 Å². The van der Waals surface area contributed by atoms with E-state index in [2.05, 4.69) is 26.3 Å². The number of primary amides is 1. The number of aromatic amines is 1. The molecule has 3 rings (SSSR count). The Hall–Kier alpha value is -5.28. The second-order valence-electron chi connectivity index (χ2n) is 11.7. The summed E-state index contributed by atoms with van der Waals surface area (Å²) in [4.78, 5) is 80.3. The average molecular weight is 666 g/mol. The molecule has 258 valence electrons. The molecule has 15 heteroatoms. The van der Waals surface area contributed by atoms with Crippen LogP contribution in [0.2, 0.25) is 0 Å². The number of benzene rings is 2. The van der Waals surface area contributed by atoms with Gasteiger partial charge in [-0.25, -0.2) is 4.79 Å². The number of esters is 1. The Kier molecular flexibility index (Phi) is 13.6. The van der Waals surface area contributed by atoms with Crippen molar-refractivity contribution in [3.63, 3.8) is 0 Å². The number of amides is 5. The van der Waals surface area contributed by atoms with Crippen LogP contribution in [0.3, 0.4) is 0 Å². The second kappa shape index (κ2) is 17.6. The SMILES string of the molecule is CC(C)[C@H](NC(=O)[C@H](CC(N)=O)NC(=O)[C@@H](N)CO)C(=O)N[C@@H](Cc1c[nH]c2ccccc12)C(=O)N[C@@H](C)C(=O)OCc1ccccc1. The van der Waals surface area contributed by atoms with E-state index < -0.39 is 84.7 Å². The predicted octanol–water partition coefficient (Wildman–Crippen LogP) is -0.736. The van der Waals surface area contributed by atoms with E-state index in [9.17, 15) is 33.9 Å². The third-order valence-corrected chi connectivity index (χ3v) is 7.49. The summed E-state index contributed by atoms with van der Waals surface area (Å²) in [5.41, 5.74) is 13.1. The molecule has 0 fully saturated rings. The number of H-pyrrole nitrogens is 1. The molecule has 0 aliphatic rings. The van der Waals surface area contributed by atoms with Crippen molar-refractivity contribution < 1.29 is 38.6 Å². The first-order valence-electron chi connectivity index (χ1n) is 15.4. The van der Waals surface area contributed by atoms with Gasteiger partial charge in [-0.1, -0.05) is 62.4 Å². The lowest BCUT2D eigenvalue weighted by Crippen LogP contribution is -2.60. The van der Waals surface area contributed by atoms with E-state index in [-0.39, 0.29) is 13.0 Å². The fraction of sp³-hybridized carbons (Fsp3) is 0.394. The highest BCUT2D eigenvalue weighted by molar-refractivity contribution is 5.97. The van der Waals surface area contributed by atoms with E-state index >= 15 is 0 Å². The van der Waals surface area contributed by atoms with E-state index in [4.69, 9.17) is 16.2 Å². The lowest BCUT2D eigenvalue weighted by atomic mass is 10.00. The number of nitrogens with two attached hydrogens (primary N) is 2. The summed E-state index contributed by atoms with van der Waals surface area (Å²) in [5, 5.41) is 20.1. The number of hydrogen-bond donors (Lipinski definition) is 8. The van der Waals surface area contributed by atoms with Gasteiger partial charge in [0.1, 0.15) is 36.8 Å². The summed E-state index contributed by atoms with van der Waals surface area (Å²) in [6.45, 7) is 4.05. The number of hydrogen-bond acceptors (Lipinski definition) is 9. The molecular weight excluding hydrogens is 622 g/mol. The number of carbonyl (C=O) groups excluding carboxylic acids is 6. The molecule has 10 N–H and O–H groups in total. The van der Waals surface area contributed by atoms with Gasteiger partial charge in [0.05, 0.1) is 13.0 Å². The molecule has 0 spiro atoms. The maximum Gasteiger partial charge on any atom is 0.328 e. The zero-order valence-corrected chi connectivity index (χ0v) is 27.0. The maximum absolute atomic E-state index is 13.7. The normalized spacial score (nSPS) is 14.2. The van der Waals surface area contributed by atoms with Gasteiger partial charge in [0, 0.05) is 23.5 Å². The van der Waals surface area contributed by atoms with E-state index in [0.717, 1.165) is 16.5 Å². The Morgan fingerprint density at radius 1 is 0.812 bits per heavy atom. The third kappa shape index (κ3) is 10.6. The van der Waals surface area contributed by atoms with Crippen molar-refractivity contribution in [2.75, 3.05) is 6.61 Å². The van der Waals surface area contributed by atoms with E-state index in [1.807, 2.05) is 30.3 Å². The molecule has 0 aliphatic carbocycles. The minimum atomic E-state index is -1.49. The molecule has 5 atom stereocenters. The smallest absolute Gasteiger partial charge is 0.328 e. The lowest BCUT2D eigenvalue weighted by molar-refractivity contribution is -0.148. The first kappa shape index (κ1) is 37.2. The van der Waals surface area contributed by atoms with E-state index in [0.29, 0.717) is 5.56 Å². The van der Waals surface area contributed by atoms with Crippen LogP contribution in [0.4, 0.5) is 0 Å². The van der Waals surface area contributed by atoms with Crippen LogP contribution in [0.15, 0.2) is 60.8 Å². The van der Waals surface area contributed by atoms with Gasteiger partial charge in [0.2, 0.25) is 29.5 Å². The van der Waals surface area contributed by atoms with Crippen LogP contribution in [0.1, 0.15) is 38.3 Å². The van der Waals surface area contributed by atoms with Gasteiger partial charge in [0.15, 0.2) is 0 Å². The van der Waals surface area contributed by atoms with E-state index in [1.165, 1.54) is 6.92 Å². The Labute approximate surface area is 277 Å². The van der Waals surface area contributed by atoms with Crippen molar-refractivity contribution in [1.82, 2.24) is 26.3 Å². The number of aromatic nitrogens is 1. The van der Waals surface area contributed by atoms with Crippen molar-refractivity contribution in [3.05, 3.63) is 71.9 Å². The number of fused-ring (bicyclic) bond motifs is 1. The van der Waals surface area contributed by atoms with Crippen LogP contribution in [-0.4, -0.2) is 82.4 Å². The van der Waals surface area contributed by atoms with Crippen LogP contribution < -0.4 is 32.7 Å². The largest absolute Gasteiger partial charge is 0.459 e. The Balaban J connectivity index is 1.79. The van der Waals surface area contributed by atoms with Crippen LogP contribution in [0.25, 0.3) is 10.9 Å². The molecule has 2 aromatic carbocycles. The monoisotopic (exact) mass is 665 g/mol. The zero-order chi connectivity index (χ0) is 35.4. The molecule has 0 aliphatic heterocycles. The molecule has 1 aromatic heterocycles. The Bertz CT molecular complexity index is 1590. The van der Waals surface area contributed by atoms with Crippen LogP contribution in [0, 0.1) is 5.92 Å². The van der Waals surface area contributed by atoms with E-state index in [1.54, 1.807) is 44.3 Å². The highest BCUT2D eigenvalue weighted by Crippen LogP contribution is 2.19. The van der Waals surface area contributed by atoms with Gasteiger partial charge in [-0.2, -0.15) is 0 Å². The molecule has 48 heavy (non-hydrogen) atoms. The number of para-hydroxylation sites is 1. The standard InChI is InChI=1S/C33H43N7O8/c1-18(2)28(40-31(45)26(14-27(35)42)38-29(43)23(34)16-41)32(46)39-25(13-21-15-36-24-12-8-7-11-22(21)24)30(44)37-19(3)33(47)48-17-20-9-5-4-6-10-20/h4-12,15,18-19,23,25-26,28,36,41H,13-14,16-17,34H2,1-3H3,(H2,35,42)(H,37,44)(H,38,43)(H,39,46)(H,40,45)/t19-,23-,25-,26-,28-/m0/s1. The molecule has 15 nitrogen and oxygen atoms in total. The topological polar surface area (TPSA) is 248 Å². The number of carbonyl (C=O) groups is 6. The predicted molar refractivity (Wildman–Crippen MR) is 175 cm³/mol. The molecule has 5 amide bonds. The number of ether oxygens (including phenoxy) is 1. The first-order chi connectivity index (χ1) is 22.8. The van der Waals surface area contributed by atoms with Gasteiger partial charge in [-0.05, 0) is 30.0 Å². The quantitative estimate of drug-likeness (QED) is 0.0845. The summed E-state index contributed by atoms with van der Waals surface area (Å²) in [6, 6.07) is 10.1. The Morgan fingerprint density at radius 3 is 2.08 bits per heavy atom. The summed E-state index contributed by atoms with van der Waals surface area (Å²) in [5.74, 6) is -5.35. The molecule has 0 saturated heterocycles. The van der Waals surface area contributed by atoms with Crippen molar-refractivity contribution in [2.24, 2.45) is 17.4 Å². The van der Waals surface area contributed by atoms with Gasteiger partial charge in [-0.3, -0.25) is 24.0 Å². The second-order valence-corrected chi connectivity index (χ2v) is 11.7. The van der Waals surface area contributed by atoms with Crippen molar-refractivity contribution in [1.29, 1.82) is 0 Å². The highest BCUT2D eigenvalue weighted by Gasteiger charge is 2.33. The molecule has 0 radical (unpaired) electrons. The van der Waals surface area contributed by atoms with Gasteiger partial charge in [-0.15, -0.1) is 0 Å². The maximum atomic E-state index is 13.7. The number of nitrogens with one attached hydrogen (secondary N) is 5. The summed E-state index contributed by atoms with van der Waals surface area (Å²) >= 11 is 0. The average Bonchev–Trinajstić information content (AvgIpc) is 3.47. The molecular formula is C33H43N7O8. The summed E-state index contributed by atoms with van der Waals surface area (Å²) in [7, 11) is 0. The molecule has 0 unspecified atom stereocenters.